The highest BCUT2D eigenvalue weighted by molar-refractivity contribution is 6.30. The van der Waals surface area contributed by atoms with Gasteiger partial charge >= 0.3 is 0 Å². The Hall–Kier alpha value is -2.70. The Balaban J connectivity index is 1.55. The summed E-state index contributed by atoms with van der Waals surface area (Å²) in [6.07, 6.45) is 0.892. The molecule has 0 unspecified atom stereocenters. The van der Waals surface area contributed by atoms with Crippen molar-refractivity contribution in [3.05, 3.63) is 75.2 Å². The Kier molecular flexibility index (Phi) is 6.92. The third-order valence-electron chi connectivity index (χ3n) is 5.80. The predicted octanol–water partition coefficient (Wildman–Crippen LogP) is 4.05. The van der Waals surface area contributed by atoms with Gasteiger partial charge in [0.25, 0.3) is 11.5 Å². The van der Waals surface area contributed by atoms with Crippen LogP contribution in [0.4, 0.5) is 0 Å². The van der Waals surface area contributed by atoms with E-state index >= 15 is 0 Å². The average Bonchev–Trinajstić information content (AvgIpc) is 3.02. The molecular weight excluding hydrogens is 424 g/mol. The van der Waals surface area contributed by atoms with Crippen molar-refractivity contribution in [1.82, 2.24) is 19.6 Å². The Bertz CT molecular complexity index is 1160. The number of hydrogen-bond donors (Lipinski definition) is 0. The molecule has 1 aliphatic rings. The molecule has 7 heteroatoms. The van der Waals surface area contributed by atoms with E-state index < -0.39 is 0 Å². The first-order valence-electron chi connectivity index (χ1n) is 11.2. The molecule has 1 amide bonds. The van der Waals surface area contributed by atoms with Gasteiger partial charge in [-0.3, -0.25) is 14.5 Å². The molecule has 1 aliphatic heterocycles. The van der Waals surface area contributed by atoms with Crippen LogP contribution in [0.2, 0.25) is 5.02 Å². The van der Waals surface area contributed by atoms with Gasteiger partial charge in [0.15, 0.2) is 5.69 Å². The molecule has 3 aromatic rings. The van der Waals surface area contributed by atoms with Crippen molar-refractivity contribution in [2.45, 2.75) is 33.4 Å². The fraction of sp³-hybridized carbons (Fsp3) is 0.400. The summed E-state index contributed by atoms with van der Waals surface area (Å²) >= 11 is 6.00. The quantitative estimate of drug-likeness (QED) is 0.586. The number of halogens is 1. The lowest BCUT2D eigenvalue weighted by molar-refractivity contribution is 0.0754. The Morgan fingerprint density at radius 1 is 1.00 bits per heavy atom. The van der Waals surface area contributed by atoms with E-state index in [0.717, 1.165) is 31.1 Å². The number of carbonyl (C=O) groups is 1. The SMILES string of the molecule is CC(C)Cn1nc(C(=O)N2CCCN(Cc3ccc(Cl)cc3)CC2)c2ccccc2c1=O. The van der Waals surface area contributed by atoms with Gasteiger partial charge in [-0.25, -0.2) is 4.68 Å². The average molecular weight is 453 g/mol. The van der Waals surface area contributed by atoms with Gasteiger partial charge in [-0.2, -0.15) is 5.10 Å². The van der Waals surface area contributed by atoms with E-state index in [2.05, 4.69) is 10.00 Å². The maximum absolute atomic E-state index is 13.5. The van der Waals surface area contributed by atoms with Crippen LogP contribution in [0, 0.1) is 5.92 Å². The van der Waals surface area contributed by atoms with E-state index in [1.807, 2.05) is 61.2 Å². The van der Waals surface area contributed by atoms with E-state index in [1.54, 1.807) is 6.07 Å². The Labute approximate surface area is 193 Å². The maximum atomic E-state index is 13.5. The lowest BCUT2D eigenvalue weighted by Crippen LogP contribution is -2.37. The number of amides is 1. The highest BCUT2D eigenvalue weighted by Gasteiger charge is 2.24. The van der Waals surface area contributed by atoms with Crippen molar-refractivity contribution < 1.29 is 4.79 Å². The van der Waals surface area contributed by atoms with Crippen LogP contribution in [-0.2, 0) is 13.1 Å². The predicted molar refractivity (Wildman–Crippen MR) is 128 cm³/mol. The Morgan fingerprint density at radius 3 is 2.44 bits per heavy atom. The second-order valence-electron chi connectivity index (χ2n) is 8.82. The fourth-order valence-corrected chi connectivity index (χ4v) is 4.32. The van der Waals surface area contributed by atoms with Crippen molar-refractivity contribution >= 4 is 28.3 Å². The molecule has 0 saturated carbocycles. The third kappa shape index (κ3) is 5.03. The maximum Gasteiger partial charge on any atom is 0.274 e. The minimum atomic E-state index is -0.143. The van der Waals surface area contributed by atoms with Gasteiger partial charge in [-0.15, -0.1) is 0 Å². The van der Waals surface area contributed by atoms with Gasteiger partial charge in [0.05, 0.1) is 5.39 Å². The smallest absolute Gasteiger partial charge is 0.274 e. The van der Waals surface area contributed by atoms with Crippen LogP contribution in [0.3, 0.4) is 0 Å². The highest BCUT2D eigenvalue weighted by atomic mass is 35.5. The minimum Gasteiger partial charge on any atom is -0.336 e. The number of nitrogens with zero attached hydrogens (tertiary/aromatic N) is 4. The summed E-state index contributed by atoms with van der Waals surface area (Å²) in [5.74, 6) is 0.149. The van der Waals surface area contributed by atoms with E-state index in [4.69, 9.17) is 11.6 Å². The van der Waals surface area contributed by atoms with Crippen molar-refractivity contribution in [2.24, 2.45) is 5.92 Å². The number of hydrogen-bond acceptors (Lipinski definition) is 4. The number of benzene rings is 2. The zero-order chi connectivity index (χ0) is 22.7. The summed E-state index contributed by atoms with van der Waals surface area (Å²) < 4.78 is 1.45. The van der Waals surface area contributed by atoms with E-state index in [1.165, 1.54) is 10.2 Å². The second-order valence-corrected chi connectivity index (χ2v) is 9.26. The van der Waals surface area contributed by atoms with Crippen LogP contribution in [0.1, 0.15) is 36.3 Å². The monoisotopic (exact) mass is 452 g/mol. The van der Waals surface area contributed by atoms with Crippen LogP contribution >= 0.6 is 11.6 Å². The summed E-state index contributed by atoms with van der Waals surface area (Å²) in [7, 11) is 0. The van der Waals surface area contributed by atoms with Crippen molar-refractivity contribution in [1.29, 1.82) is 0 Å². The van der Waals surface area contributed by atoms with Crippen LogP contribution < -0.4 is 5.56 Å². The molecule has 1 saturated heterocycles. The molecule has 2 aromatic carbocycles. The zero-order valence-electron chi connectivity index (χ0n) is 18.6. The first-order valence-corrected chi connectivity index (χ1v) is 11.6. The molecule has 4 rings (SSSR count). The molecule has 6 nitrogen and oxygen atoms in total. The molecule has 168 valence electrons. The molecule has 2 heterocycles. The number of rotatable bonds is 5. The first kappa shape index (κ1) is 22.5. The lowest BCUT2D eigenvalue weighted by atomic mass is 10.1. The first-order chi connectivity index (χ1) is 15.4. The summed E-state index contributed by atoms with van der Waals surface area (Å²) in [4.78, 5) is 30.6. The molecule has 0 aliphatic carbocycles. The summed E-state index contributed by atoms with van der Waals surface area (Å²) in [6, 6.07) is 15.2. The molecule has 1 fully saturated rings. The molecule has 32 heavy (non-hydrogen) atoms. The molecule has 0 bridgehead atoms. The van der Waals surface area contributed by atoms with Crippen LogP contribution in [0.5, 0.6) is 0 Å². The topological polar surface area (TPSA) is 58.4 Å². The zero-order valence-corrected chi connectivity index (χ0v) is 19.4. The molecule has 0 atom stereocenters. The molecule has 0 radical (unpaired) electrons. The lowest BCUT2D eigenvalue weighted by Gasteiger charge is -2.22. The normalized spacial score (nSPS) is 15.3. The highest BCUT2D eigenvalue weighted by Crippen LogP contribution is 2.18. The molecule has 0 N–H and O–H groups in total. The molecular formula is C25H29ClN4O2. The fourth-order valence-electron chi connectivity index (χ4n) is 4.19. The number of fused-ring (bicyclic) bond motifs is 1. The third-order valence-corrected chi connectivity index (χ3v) is 6.06. The van der Waals surface area contributed by atoms with Crippen molar-refractivity contribution in [2.75, 3.05) is 26.2 Å². The van der Waals surface area contributed by atoms with E-state index in [-0.39, 0.29) is 17.4 Å². The van der Waals surface area contributed by atoms with Crippen LogP contribution in [0.15, 0.2) is 53.3 Å². The van der Waals surface area contributed by atoms with Gasteiger partial charge in [-0.05, 0) is 36.1 Å². The minimum absolute atomic E-state index is 0.105. The van der Waals surface area contributed by atoms with Gasteiger partial charge in [0, 0.05) is 49.7 Å². The molecule has 1 aromatic heterocycles. The summed E-state index contributed by atoms with van der Waals surface area (Å²) in [5.41, 5.74) is 1.44. The van der Waals surface area contributed by atoms with Gasteiger partial charge in [0.1, 0.15) is 0 Å². The number of aromatic nitrogens is 2. The van der Waals surface area contributed by atoms with Crippen LogP contribution in [-0.4, -0.2) is 51.7 Å². The largest absolute Gasteiger partial charge is 0.336 e. The summed E-state index contributed by atoms with van der Waals surface area (Å²) in [5, 5.41) is 6.44. The van der Waals surface area contributed by atoms with Gasteiger partial charge in [0.2, 0.25) is 0 Å². The second kappa shape index (κ2) is 9.84. The molecule has 0 spiro atoms. The van der Waals surface area contributed by atoms with E-state index in [0.29, 0.717) is 36.1 Å². The standard InChI is InChI=1S/C25H29ClN4O2/c1-18(2)16-30-24(31)22-7-4-3-6-21(22)23(27-30)25(32)29-13-5-12-28(14-15-29)17-19-8-10-20(26)11-9-19/h3-4,6-11,18H,5,12-17H2,1-2H3. The van der Waals surface area contributed by atoms with E-state index in [9.17, 15) is 9.59 Å². The van der Waals surface area contributed by atoms with Gasteiger partial charge in [-0.1, -0.05) is 55.8 Å². The Morgan fingerprint density at radius 2 is 1.72 bits per heavy atom. The van der Waals surface area contributed by atoms with Crippen molar-refractivity contribution in [3.8, 4) is 0 Å². The number of carbonyl (C=O) groups excluding carboxylic acids is 1. The van der Waals surface area contributed by atoms with Crippen molar-refractivity contribution in [3.63, 3.8) is 0 Å². The van der Waals surface area contributed by atoms with Crippen LogP contribution in [0.25, 0.3) is 10.8 Å². The van der Waals surface area contributed by atoms with Gasteiger partial charge < -0.3 is 4.90 Å². The summed E-state index contributed by atoms with van der Waals surface area (Å²) in [6.45, 7) is 8.41.